The number of pyridine rings is 1. The normalized spacial score (nSPS) is 15.8. The van der Waals surface area contributed by atoms with Crippen molar-refractivity contribution >= 4 is 11.8 Å². The molecule has 0 bridgehead atoms. The van der Waals surface area contributed by atoms with Crippen LogP contribution >= 0.6 is 0 Å². The third-order valence-corrected chi connectivity index (χ3v) is 5.02. The summed E-state index contributed by atoms with van der Waals surface area (Å²) in [6.07, 6.45) is 8.85. The van der Waals surface area contributed by atoms with Gasteiger partial charge in [-0.25, -0.2) is 9.97 Å². The minimum atomic E-state index is -0.189. The number of hydrogen-bond acceptors (Lipinski definition) is 5. The maximum Gasteiger partial charge on any atom is 0.274 e. The van der Waals surface area contributed by atoms with Gasteiger partial charge in [-0.15, -0.1) is 0 Å². The molecule has 3 aromatic rings. The number of aryl methyl sites for hydroxylation is 1. The molecule has 2 amide bonds. The number of carbonyl (C=O) groups is 2. The second kappa shape index (κ2) is 7.86. The average molecular weight is 393 g/mol. The summed E-state index contributed by atoms with van der Waals surface area (Å²) in [6, 6.07) is 3.56. The van der Waals surface area contributed by atoms with Crippen molar-refractivity contribution in [2.75, 3.05) is 6.54 Å². The maximum absolute atomic E-state index is 12.8. The van der Waals surface area contributed by atoms with E-state index in [4.69, 9.17) is 0 Å². The summed E-state index contributed by atoms with van der Waals surface area (Å²) in [5.41, 5.74) is 2.07. The largest absolute Gasteiger partial charge is 0.352 e. The Labute approximate surface area is 168 Å². The number of nitrogens with one attached hydrogen (secondary N) is 1. The predicted molar refractivity (Wildman–Crippen MR) is 105 cm³/mol. The van der Waals surface area contributed by atoms with Gasteiger partial charge in [0.1, 0.15) is 11.5 Å². The molecule has 0 unspecified atom stereocenters. The van der Waals surface area contributed by atoms with Crippen molar-refractivity contribution in [1.29, 1.82) is 0 Å². The molecule has 0 saturated carbocycles. The lowest BCUT2D eigenvalue weighted by Gasteiger charge is -2.33. The molecule has 4 rings (SSSR count). The fraction of sp³-hybridized carbons (Fsp3) is 0.350. The van der Waals surface area contributed by atoms with E-state index in [9.17, 15) is 9.59 Å². The smallest absolute Gasteiger partial charge is 0.274 e. The highest BCUT2D eigenvalue weighted by atomic mass is 16.2. The van der Waals surface area contributed by atoms with Crippen molar-refractivity contribution in [1.82, 2.24) is 34.3 Å². The van der Waals surface area contributed by atoms with Crippen molar-refractivity contribution in [2.24, 2.45) is 7.05 Å². The second-order valence-corrected chi connectivity index (χ2v) is 7.20. The van der Waals surface area contributed by atoms with Crippen LogP contribution in [0.3, 0.4) is 0 Å². The zero-order valence-electron chi connectivity index (χ0n) is 16.4. The van der Waals surface area contributed by atoms with Crippen LogP contribution in [0.25, 0.3) is 0 Å². The quantitative estimate of drug-likeness (QED) is 0.700. The van der Waals surface area contributed by atoms with Gasteiger partial charge in [-0.1, -0.05) is 6.07 Å². The van der Waals surface area contributed by atoms with E-state index < -0.39 is 0 Å². The molecule has 9 heteroatoms. The molecule has 1 aliphatic rings. The molecule has 9 nitrogen and oxygen atoms in total. The summed E-state index contributed by atoms with van der Waals surface area (Å²) in [4.78, 5) is 39.7. The van der Waals surface area contributed by atoms with Crippen molar-refractivity contribution in [3.05, 3.63) is 66.0 Å². The van der Waals surface area contributed by atoms with Crippen LogP contribution in [0.5, 0.6) is 0 Å². The molecule has 0 aromatic carbocycles. The summed E-state index contributed by atoms with van der Waals surface area (Å²) < 4.78 is 3.78. The van der Waals surface area contributed by atoms with Crippen LogP contribution in [0.4, 0.5) is 0 Å². The van der Waals surface area contributed by atoms with Gasteiger partial charge < -0.3 is 19.4 Å². The molecule has 0 fully saturated rings. The molecular formula is C20H23N7O2. The Morgan fingerprint density at radius 3 is 2.86 bits per heavy atom. The average Bonchev–Trinajstić information content (AvgIpc) is 3.33. The van der Waals surface area contributed by atoms with Crippen LogP contribution in [0.15, 0.2) is 43.2 Å². The van der Waals surface area contributed by atoms with E-state index in [1.54, 1.807) is 34.4 Å². The summed E-state index contributed by atoms with van der Waals surface area (Å²) in [5, 5.41) is 2.89. The number of rotatable bonds is 5. The standard InChI is InChI=1S/C20H23N7O2/c1-14-19-24-16(8-18(28)22-10-15-4-3-5-21-9-15)11-26(19)6-7-27(14)20(29)17-12-25(2)13-23-17/h3-5,9,11-14H,6-8,10H2,1-2H3,(H,22,28)/t14-/m0/s1. The number of hydrogen-bond donors (Lipinski definition) is 1. The Hall–Kier alpha value is -3.49. The molecular weight excluding hydrogens is 370 g/mol. The third-order valence-electron chi connectivity index (χ3n) is 5.02. The van der Waals surface area contributed by atoms with Crippen molar-refractivity contribution in [3.63, 3.8) is 0 Å². The zero-order chi connectivity index (χ0) is 20.4. The fourth-order valence-corrected chi connectivity index (χ4v) is 3.51. The van der Waals surface area contributed by atoms with Gasteiger partial charge in [-0.3, -0.25) is 14.6 Å². The predicted octanol–water partition coefficient (Wildman–Crippen LogP) is 1.09. The highest BCUT2D eigenvalue weighted by molar-refractivity contribution is 5.92. The molecule has 0 aliphatic carbocycles. The van der Waals surface area contributed by atoms with Gasteiger partial charge in [0.05, 0.1) is 24.5 Å². The molecule has 29 heavy (non-hydrogen) atoms. The Balaban J connectivity index is 1.41. The lowest BCUT2D eigenvalue weighted by atomic mass is 10.2. The first-order valence-electron chi connectivity index (χ1n) is 9.51. The highest BCUT2D eigenvalue weighted by Crippen LogP contribution is 2.26. The summed E-state index contributed by atoms with van der Waals surface area (Å²) in [6.45, 7) is 3.60. The minimum absolute atomic E-state index is 0.0987. The number of amides is 2. The van der Waals surface area contributed by atoms with Gasteiger partial charge in [-0.05, 0) is 18.6 Å². The summed E-state index contributed by atoms with van der Waals surface area (Å²) >= 11 is 0. The van der Waals surface area contributed by atoms with Gasteiger partial charge >= 0.3 is 0 Å². The van der Waals surface area contributed by atoms with Crippen LogP contribution in [0.1, 0.15) is 40.5 Å². The Bertz CT molecular complexity index is 1020. The van der Waals surface area contributed by atoms with Gasteiger partial charge in [0, 0.05) is 51.5 Å². The topological polar surface area (TPSA) is 97.9 Å². The SMILES string of the molecule is C[C@H]1c2nc(CC(=O)NCc3cccnc3)cn2CCN1C(=O)c1cn(C)cn1. The van der Waals surface area contributed by atoms with E-state index in [2.05, 4.69) is 20.3 Å². The number of imidazole rings is 2. The number of fused-ring (bicyclic) bond motifs is 1. The molecule has 3 aromatic heterocycles. The maximum atomic E-state index is 12.8. The first-order chi connectivity index (χ1) is 14.0. The highest BCUT2D eigenvalue weighted by Gasteiger charge is 2.31. The van der Waals surface area contributed by atoms with Crippen LogP contribution < -0.4 is 5.32 Å². The first kappa shape index (κ1) is 18.9. The number of nitrogens with zero attached hydrogens (tertiary/aromatic N) is 6. The lowest BCUT2D eigenvalue weighted by Crippen LogP contribution is -2.41. The zero-order valence-corrected chi connectivity index (χ0v) is 16.4. The number of aromatic nitrogens is 5. The summed E-state index contributed by atoms with van der Waals surface area (Å²) in [5.74, 6) is 0.581. The Morgan fingerprint density at radius 2 is 2.14 bits per heavy atom. The van der Waals surface area contributed by atoms with E-state index in [0.29, 0.717) is 31.0 Å². The Morgan fingerprint density at radius 1 is 1.28 bits per heavy atom. The minimum Gasteiger partial charge on any atom is -0.352 e. The molecule has 0 saturated heterocycles. The lowest BCUT2D eigenvalue weighted by molar-refractivity contribution is -0.120. The monoisotopic (exact) mass is 393 g/mol. The van der Waals surface area contributed by atoms with E-state index in [0.717, 1.165) is 11.4 Å². The van der Waals surface area contributed by atoms with Crippen molar-refractivity contribution in [3.8, 4) is 0 Å². The summed E-state index contributed by atoms with van der Waals surface area (Å²) in [7, 11) is 1.84. The van der Waals surface area contributed by atoms with Crippen LogP contribution in [0.2, 0.25) is 0 Å². The molecule has 4 heterocycles. The van der Waals surface area contributed by atoms with Gasteiger partial charge in [0.15, 0.2) is 0 Å². The molecule has 150 valence electrons. The van der Waals surface area contributed by atoms with Crippen molar-refractivity contribution < 1.29 is 9.59 Å². The van der Waals surface area contributed by atoms with Crippen LogP contribution in [0, 0.1) is 0 Å². The van der Waals surface area contributed by atoms with Gasteiger partial charge in [0.2, 0.25) is 5.91 Å². The molecule has 1 atom stereocenters. The molecule has 0 radical (unpaired) electrons. The Kier molecular flexibility index (Phi) is 5.11. The number of carbonyl (C=O) groups excluding carboxylic acids is 2. The van der Waals surface area contributed by atoms with Crippen molar-refractivity contribution in [2.45, 2.75) is 32.5 Å². The van der Waals surface area contributed by atoms with E-state index >= 15 is 0 Å². The van der Waals surface area contributed by atoms with Gasteiger partial charge in [-0.2, -0.15) is 0 Å². The molecule has 0 spiro atoms. The van der Waals surface area contributed by atoms with Crippen LogP contribution in [-0.2, 0) is 31.4 Å². The fourth-order valence-electron chi connectivity index (χ4n) is 3.51. The second-order valence-electron chi connectivity index (χ2n) is 7.20. The molecule has 1 N–H and O–H groups in total. The molecule has 1 aliphatic heterocycles. The van der Waals surface area contributed by atoms with Gasteiger partial charge in [0.25, 0.3) is 5.91 Å². The van der Waals surface area contributed by atoms with E-state index in [1.807, 2.05) is 36.9 Å². The van der Waals surface area contributed by atoms with E-state index in [1.165, 1.54) is 0 Å². The van der Waals surface area contributed by atoms with E-state index in [-0.39, 0.29) is 24.3 Å². The third kappa shape index (κ3) is 4.03. The van der Waals surface area contributed by atoms with Crippen LogP contribution in [-0.4, -0.2) is 47.3 Å². The first-order valence-corrected chi connectivity index (χ1v) is 9.51.